The molecule has 0 saturated carbocycles. The lowest BCUT2D eigenvalue weighted by molar-refractivity contribution is -0.122. The van der Waals surface area contributed by atoms with E-state index >= 15 is 0 Å². The van der Waals surface area contributed by atoms with E-state index in [1.165, 1.54) is 16.9 Å². The maximum Gasteiger partial charge on any atom is 0.231 e. The number of aryl methyl sites for hydroxylation is 2. The minimum absolute atomic E-state index is 0.0268. The fourth-order valence-corrected chi connectivity index (χ4v) is 3.61. The highest BCUT2D eigenvalue weighted by atomic mass is 32.1. The number of nitrogens with one attached hydrogen (secondary N) is 1. The molecule has 1 N–H and O–H groups in total. The molecule has 7 heteroatoms. The Bertz CT molecular complexity index is 853. The standard InChI is InChI=1S/C19H24N4O2S/c1-11-6-7-14(8-12(11)2)23-10-13(9-15(23)24)16(25)20-18-22-21-17(26-18)19(3,4)5/h6-8,13H,9-10H2,1-5H3,(H,20,22,25)/t13-/m1/s1. The normalized spacial score (nSPS) is 17.7. The second-order valence-electron chi connectivity index (χ2n) is 7.83. The molecule has 2 aromatic rings. The fourth-order valence-electron chi connectivity index (χ4n) is 2.81. The number of hydrogen-bond donors (Lipinski definition) is 1. The number of rotatable bonds is 3. The summed E-state index contributed by atoms with van der Waals surface area (Å²) in [6.45, 7) is 10.6. The van der Waals surface area contributed by atoms with Crippen LogP contribution in [0.1, 0.15) is 43.3 Å². The number of anilines is 2. The quantitative estimate of drug-likeness (QED) is 0.895. The van der Waals surface area contributed by atoms with Gasteiger partial charge in [-0.2, -0.15) is 0 Å². The molecule has 26 heavy (non-hydrogen) atoms. The first-order valence-electron chi connectivity index (χ1n) is 8.67. The Morgan fingerprint density at radius 1 is 1.23 bits per heavy atom. The lowest BCUT2D eigenvalue weighted by atomic mass is 9.98. The summed E-state index contributed by atoms with van der Waals surface area (Å²) < 4.78 is 0. The third-order valence-corrected chi connectivity index (χ3v) is 5.86. The third kappa shape index (κ3) is 3.77. The van der Waals surface area contributed by atoms with Crippen molar-refractivity contribution in [2.24, 2.45) is 5.92 Å². The molecule has 0 unspecified atom stereocenters. The number of benzene rings is 1. The summed E-state index contributed by atoms with van der Waals surface area (Å²) in [4.78, 5) is 26.7. The van der Waals surface area contributed by atoms with E-state index in [4.69, 9.17) is 0 Å². The first-order valence-corrected chi connectivity index (χ1v) is 9.49. The van der Waals surface area contributed by atoms with E-state index < -0.39 is 0 Å². The largest absolute Gasteiger partial charge is 0.312 e. The molecule has 0 bridgehead atoms. The van der Waals surface area contributed by atoms with Gasteiger partial charge in [-0.1, -0.05) is 38.2 Å². The predicted octanol–water partition coefficient (Wildman–Crippen LogP) is 3.44. The number of carbonyl (C=O) groups excluding carboxylic acids is 2. The molecule has 138 valence electrons. The van der Waals surface area contributed by atoms with Crippen molar-refractivity contribution < 1.29 is 9.59 Å². The van der Waals surface area contributed by atoms with E-state index in [0.29, 0.717) is 11.7 Å². The van der Waals surface area contributed by atoms with Gasteiger partial charge in [0.15, 0.2) is 0 Å². The summed E-state index contributed by atoms with van der Waals surface area (Å²) in [6, 6.07) is 5.93. The van der Waals surface area contributed by atoms with Crippen molar-refractivity contribution in [3.8, 4) is 0 Å². The molecule has 1 saturated heterocycles. The molecule has 1 atom stereocenters. The highest BCUT2D eigenvalue weighted by Crippen LogP contribution is 2.30. The zero-order chi connectivity index (χ0) is 19.1. The van der Waals surface area contributed by atoms with E-state index in [-0.39, 0.29) is 29.6 Å². The maximum atomic E-state index is 12.6. The van der Waals surface area contributed by atoms with Gasteiger partial charge in [0.25, 0.3) is 0 Å². The topological polar surface area (TPSA) is 75.2 Å². The van der Waals surface area contributed by atoms with Gasteiger partial charge in [-0.05, 0) is 37.1 Å². The highest BCUT2D eigenvalue weighted by Gasteiger charge is 2.35. The van der Waals surface area contributed by atoms with Crippen molar-refractivity contribution in [3.63, 3.8) is 0 Å². The minimum atomic E-state index is -0.383. The first-order chi connectivity index (χ1) is 12.1. The number of hydrogen-bond acceptors (Lipinski definition) is 5. The Balaban J connectivity index is 1.69. The van der Waals surface area contributed by atoms with Crippen molar-refractivity contribution >= 4 is 34.0 Å². The average molecular weight is 372 g/mol. The van der Waals surface area contributed by atoms with Crippen LogP contribution in [0.15, 0.2) is 18.2 Å². The van der Waals surface area contributed by atoms with E-state index in [9.17, 15) is 9.59 Å². The lowest BCUT2D eigenvalue weighted by Gasteiger charge is -2.17. The molecule has 0 aliphatic carbocycles. The molecular formula is C19H24N4O2S. The third-order valence-electron chi connectivity index (χ3n) is 4.59. The van der Waals surface area contributed by atoms with Gasteiger partial charge in [-0.25, -0.2) is 0 Å². The van der Waals surface area contributed by atoms with Gasteiger partial charge in [0, 0.05) is 24.1 Å². The molecule has 0 radical (unpaired) electrons. The van der Waals surface area contributed by atoms with Crippen molar-refractivity contribution in [2.45, 2.75) is 46.5 Å². The Hall–Kier alpha value is -2.28. The molecule has 1 aliphatic rings. The number of aromatic nitrogens is 2. The predicted molar refractivity (Wildman–Crippen MR) is 104 cm³/mol. The summed E-state index contributed by atoms with van der Waals surface area (Å²) in [6.07, 6.45) is 0.212. The zero-order valence-corrected chi connectivity index (χ0v) is 16.6. The van der Waals surface area contributed by atoms with Gasteiger partial charge >= 0.3 is 0 Å². The molecule has 2 amide bonds. The lowest BCUT2D eigenvalue weighted by Crippen LogP contribution is -2.28. The van der Waals surface area contributed by atoms with Crippen LogP contribution in [0, 0.1) is 19.8 Å². The van der Waals surface area contributed by atoms with Gasteiger partial charge < -0.3 is 10.2 Å². The first kappa shape index (κ1) is 18.5. The van der Waals surface area contributed by atoms with Crippen LogP contribution >= 0.6 is 11.3 Å². The molecule has 1 aromatic carbocycles. The molecule has 2 heterocycles. The second kappa shape index (κ2) is 6.79. The van der Waals surface area contributed by atoms with Gasteiger partial charge in [0.05, 0.1) is 5.92 Å². The fraction of sp³-hybridized carbons (Fsp3) is 0.474. The van der Waals surface area contributed by atoms with Crippen LogP contribution in [0.4, 0.5) is 10.8 Å². The molecule has 3 rings (SSSR count). The Morgan fingerprint density at radius 3 is 2.58 bits per heavy atom. The molecular weight excluding hydrogens is 348 g/mol. The maximum absolute atomic E-state index is 12.6. The number of carbonyl (C=O) groups is 2. The van der Waals surface area contributed by atoms with E-state index in [1.807, 2.05) is 32.0 Å². The van der Waals surface area contributed by atoms with Crippen LogP contribution in [0.3, 0.4) is 0 Å². The molecule has 1 aromatic heterocycles. The monoisotopic (exact) mass is 372 g/mol. The second-order valence-corrected chi connectivity index (χ2v) is 8.80. The summed E-state index contributed by atoms with van der Waals surface area (Å²) in [5, 5.41) is 12.4. The van der Waals surface area contributed by atoms with Gasteiger partial charge in [-0.3, -0.25) is 9.59 Å². The van der Waals surface area contributed by atoms with Crippen LogP contribution < -0.4 is 10.2 Å². The smallest absolute Gasteiger partial charge is 0.231 e. The highest BCUT2D eigenvalue weighted by molar-refractivity contribution is 7.15. The van der Waals surface area contributed by atoms with E-state index in [2.05, 4.69) is 36.3 Å². The van der Waals surface area contributed by atoms with E-state index in [1.54, 1.807) is 4.90 Å². The van der Waals surface area contributed by atoms with Crippen LogP contribution in [-0.2, 0) is 15.0 Å². The van der Waals surface area contributed by atoms with Gasteiger partial charge in [0.1, 0.15) is 5.01 Å². The Kier molecular flexibility index (Phi) is 4.84. The SMILES string of the molecule is Cc1ccc(N2C[C@H](C(=O)Nc3nnc(C(C)(C)C)s3)CC2=O)cc1C. The summed E-state index contributed by atoms with van der Waals surface area (Å²) in [5.41, 5.74) is 3.05. The molecule has 6 nitrogen and oxygen atoms in total. The van der Waals surface area contributed by atoms with Gasteiger partial charge in [-0.15, -0.1) is 10.2 Å². The van der Waals surface area contributed by atoms with Crippen LogP contribution in [0.2, 0.25) is 0 Å². The summed E-state index contributed by atoms with van der Waals surface area (Å²) in [5.74, 6) is -0.589. The number of amides is 2. The Morgan fingerprint density at radius 2 is 1.96 bits per heavy atom. The van der Waals surface area contributed by atoms with Crippen LogP contribution in [0.5, 0.6) is 0 Å². The summed E-state index contributed by atoms with van der Waals surface area (Å²) >= 11 is 1.38. The van der Waals surface area contributed by atoms with E-state index in [0.717, 1.165) is 16.3 Å². The molecule has 1 fully saturated rings. The van der Waals surface area contributed by atoms with Crippen molar-refractivity contribution in [2.75, 3.05) is 16.8 Å². The number of nitrogens with zero attached hydrogens (tertiary/aromatic N) is 3. The van der Waals surface area contributed by atoms with Crippen LogP contribution in [0.25, 0.3) is 0 Å². The van der Waals surface area contributed by atoms with Gasteiger partial charge in [0.2, 0.25) is 16.9 Å². The Labute approximate surface area is 157 Å². The summed E-state index contributed by atoms with van der Waals surface area (Å²) in [7, 11) is 0. The minimum Gasteiger partial charge on any atom is -0.312 e. The molecule has 1 aliphatic heterocycles. The average Bonchev–Trinajstić information content (AvgIpc) is 3.16. The van der Waals surface area contributed by atoms with Crippen molar-refractivity contribution in [1.82, 2.24) is 10.2 Å². The van der Waals surface area contributed by atoms with Crippen molar-refractivity contribution in [1.29, 1.82) is 0 Å². The van der Waals surface area contributed by atoms with Crippen molar-refractivity contribution in [3.05, 3.63) is 34.3 Å². The van der Waals surface area contributed by atoms with Crippen LogP contribution in [-0.4, -0.2) is 28.6 Å². The zero-order valence-electron chi connectivity index (χ0n) is 15.8. The molecule has 0 spiro atoms.